The molecule has 4 nitrogen and oxygen atoms in total. The van der Waals surface area contributed by atoms with Gasteiger partial charge in [0.05, 0.1) is 10.0 Å². The summed E-state index contributed by atoms with van der Waals surface area (Å²) in [4.78, 5) is 19.1. The van der Waals surface area contributed by atoms with E-state index in [2.05, 4.69) is 29.6 Å². The summed E-state index contributed by atoms with van der Waals surface area (Å²) in [6.07, 6.45) is 2.10. The van der Waals surface area contributed by atoms with Crippen LogP contribution in [0, 0.1) is 0 Å². The number of quaternary nitrogens is 1. The van der Waals surface area contributed by atoms with Crippen molar-refractivity contribution in [1.82, 2.24) is 5.32 Å². The number of amides is 1. The quantitative estimate of drug-likeness (QED) is 0.364. The summed E-state index contributed by atoms with van der Waals surface area (Å²) in [5, 5.41) is 4.22. The van der Waals surface area contributed by atoms with Crippen LogP contribution in [0.25, 0.3) is 0 Å². The molecule has 0 bridgehead atoms. The van der Waals surface area contributed by atoms with Crippen LogP contribution in [0.5, 0.6) is 0 Å². The van der Waals surface area contributed by atoms with Crippen molar-refractivity contribution in [3.8, 4) is 0 Å². The molecule has 1 heterocycles. The fourth-order valence-electron chi connectivity index (χ4n) is 4.79. The summed E-state index contributed by atoms with van der Waals surface area (Å²) >= 11 is 12.7. The van der Waals surface area contributed by atoms with Gasteiger partial charge in [-0.1, -0.05) is 89.9 Å². The summed E-state index contributed by atoms with van der Waals surface area (Å²) in [7, 11) is 0. The number of carbonyl (C=O) groups is 1. The molecule has 0 spiro atoms. The van der Waals surface area contributed by atoms with Gasteiger partial charge in [0.25, 0.3) is 0 Å². The highest BCUT2D eigenvalue weighted by atomic mass is 35.5. The molecule has 1 N–H and O–H groups in total. The molecule has 1 fully saturated rings. The Morgan fingerprint density at radius 3 is 2.15 bits per heavy atom. The molecule has 3 aromatic rings. The van der Waals surface area contributed by atoms with Gasteiger partial charge in [0.1, 0.15) is 25.7 Å². The van der Waals surface area contributed by atoms with E-state index in [1.807, 2.05) is 54.6 Å². The summed E-state index contributed by atoms with van der Waals surface area (Å²) in [6, 6.07) is 25.5. The molecule has 1 aliphatic heterocycles. The Morgan fingerprint density at radius 1 is 0.909 bits per heavy atom. The van der Waals surface area contributed by atoms with Crippen molar-refractivity contribution in [1.29, 1.82) is 0 Å². The Morgan fingerprint density at radius 2 is 1.55 bits per heavy atom. The molecular formula is C27H29Cl2N2O2+. The molecule has 3 aromatic carbocycles. The normalized spacial score (nSPS) is 16.8. The number of carbonyl (C=O) groups excluding carboxylic acids is 1. The van der Waals surface area contributed by atoms with Crippen LogP contribution in [0.4, 0.5) is 0 Å². The van der Waals surface area contributed by atoms with Crippen LogP contribution >= 0.6 is 23.2 Å². The Labute approximate surface area is 205 Å². The molecule has 1 aliphatic rings. The zero-order valence-electron chi connectivity index (χ0n) is 18.7. The van der Waals surface area contributed by atoms with Crippen LogP contribution in [-0.2, 0) is 16.2 Å². The van der Waals surface area contributed by atoms with Gasteiger partial charge in [0, 0.05) is 25.3 Å². The number of hydrogen-bond acceptors (Lipinski definition) is 2. The third kappa shape index (κ3) is 5.59. The summed E-state index contributed by atoms with van der Waals surface area (Å²) in [6.45, 7) is 3.74. The molecule has 33 heavy (non-hydrogen) atoms. The minimum absolute atomic E-state index is 0.0886. The molecule has 1 amide bonds. The zero-order chi connectivity index (χ0) is 23.3. The standard InChI is InChI=1S/C27H28Cl2N2O2/c1-20(32)30-26(22-12-6-3-7-13-22)27(23-14-15-24(28)25(29)18-23)31(16-8-9-17-31)33-19-21-10-4-2-5-11-21/h2-7,10-15,18,26-27H,8-9,16-17,19H2,1H3/p+1/t26-,27?/m0/s1. The third-order valence-electron chi connectivity index (χ3n) is 6.28. The van der Waals surface area contributed by atoms with Gasteiger partial charge in [-0.25, -0.2) is 0 Å². The number of hydroxylamine groups is 3. The molecule has 6 heteroatoms. The first-order valence-corrected chi connectivity index (χ1v) is 12.1. The molecular weight excluding hydrogens is 455 g/mol. The lowest BCUT2D eigenvalue weighted by Gasteiger charge is -2.42. The van der Waals surface area contributed by atoms with E-state index >= 15 is 0 Å². The van der Waals surface area contributed by atoms with Crippen LogP contribution in [0.15, 0.2) is 78.9 Å². The lowest BCUT2D eigenvalue weighted by molar-refractivity contribution is -1.12. The van der Waals surface area contributed by atoms with Gasteiger partial charge in [-0.15, -0.1) is 0 Å². The average molecular weight is 484 g/mol. The summed E-state index contributed by atoms with van der Waals surface area (Å²) < 4.78 is 0.409. The van der Waals surface area contributed by atoms with E-state index in [0.717, 1.165) is 42.6 Å². The highest BCUT2D eigenvalue weighted by Gasteiger charge is 2.48. The van der Waals surface area contributed by atoms with Crippen LogP contribution in [0.3, 0.4) is 0 Å². The van der Waals surface area contributed by atoms with Gasteiger partial charge in [0.2, 0.25) is 5.91 Å². The molecule has 4 rings (SSSR count). The monoisotopic (exact) mass is 483 g/mol. The number of rotatable bonds is 8. The molecule has 1 saturated heterocycles. The number of hydrogen-bond donors (Lipinski definition) is 1. The maximum Gasteiger partial charge on any atom is 0.217 e. The highest BCUT2D eigenvalue weighted by molar-refractivity contribution is 6.42. The first-order valence-electron chi connectivity index (χ1n) is 11.3. The zero-order valence-corrected chi connectivity index (χ0v) is 20.2. The van der Waals surface area contributed by atoms with Crippen molar-refractivity contribution < 1.29 is 14.3 Å². The second-order valence-corrected chi connectivity index (χ2v) is 9.39. The van der Waals surface area contributed by atoms with Crippen molar-refractivity contribution in [3.63, 3.8) is 0 Å². The number of likely N-dealkylation sites (tertiary alicyclic amines) is 1. The van der Waals surface area contributed by atoms with Crippen LogP contribution < -0.4 is 5.32 Å². The molecule has 1 unspecified atom stereocenters. The fourth-order valence-corrected chi connectivity index (χ4v) is 5.10. The second kappa shape index (κ2) is 10.7. The Bertz CT molecular complexity index is 1070. The van der Waals surface area contributed by atoms with Crippen molar-refractivity contribution in [3.05, 3.63) is 106 Å². The lowest BCUT2D eigenvalue weighted by atomic mass is 9.91. The maximum atomic E-state index is 12.4. The molecule has 172 valence electrons. The van der Waals surface area contributed by atoms with Crippen molar-refractivity contribution in [2.24, 2.45) is 0 Å². The van der Waals surface area contributed by atoms with E-state index in [1.54, 1.807) is 6.92 Å². The fraction of sp³-hybridized carbons (Fsp3) is 0.296. The second-order valence-electron chi connectivity index (χ2n) is 8.57. The number of nitrogens with one attached hydrogen (secondary N) is 1. The molecule has 0 aromatic heterocycles. The minimum Gasteiger partial charge on any atom is -0.343 e. The van der Waals surface area contributed by atoms with Crippen LogP contribution in [0.2, 0.25) is 10.0 Å². The first kappa shape index (κ1) is 23.8. The van der Waals surface area contributed by atoms with E-state index < -0.39 is 0 Å². The summed E-state index contributed by atoms with van der Waals surface area (Å²) in [5.74, 6) is -0.0886. The largest absolute Gasteiger partial charge is 0.343 e. The van der Waals surface area contributed by atoms with Gasteiger partial charge >= 0.3 is 0 Å². The SMILES string of the molecule is CC(=O)N[C@@H](c1ccccc1)C(c1ccc(Cl)c(Cl)c1)[N+]1(OCc2ccccc2)CCCC1. The van der Waals surface area contributed by atoms with Crippen molar-refractivity contribution in [2.45, 2.75) is 38.5 Å². The number of halogens is 2. The van der Waals surface area contributed by atoms with Gasteiger partial charge in [-0.2, -0.15) is 9.48 Å². The maximum absolute atomic E-state index is 12.4. The highest BCUT2D eigenvalue weighted by Crippen LogP contribution is 2.44. The number of benzene rings is 3. The van der Waals surface area contributed by atoms with E-state index in [4.69, 9.17) is 28.0 Å². The van der Waals surface area contributed by atoms with Gasteiger partial charge in [-0.3, -0.25) is 4.79 Å². The summed E-state index contributed by atoms with van der Waals surface area (Å²) in [5.41, 5.74) is 3.13. The minimum atomic E-state index is -0.296. The van der Waals surface area contributed by atoms with E-state index in [1.165, 1.54) is 0 Å². The lowest BCUT2D eigenvalue weighted by Crippen LogP contribution is -2.53. The average Bonchev–Trinajstić information content (AvgIpc) is 3.30. The third-order valence-corrected chi connectivity index (χ3v) is 7.02. The van der Waals surface area contributed by atoms with Crippen LogP contribution in [-0.4, -0.2) is 23.6 Å². The Kier molecular flexibility index (Phi) is 7.71. The molecule has 2 atom stereocenters. The predicted molar refractivity (Wildman–Crippen MR) is 133 cm³/mol. The van der Waals surface area contributed by atoms with E-state index in [-0.39, 0.29) is 18.0 Å². The van der Waals surface area contributed by atoms with E-state index in [9.17, 15) is 4.79 Å². The van der Waals surface area contributed by atoms with Gasteiger partial charge in [0.15, 0.2) is 6.04 Å². The first-order chi connectivity index (χ1) is 16.0. The van der Waals surface area contributed by atoms with Crippen molar-refractivity contribution in [2.75, 3.05) is 13.1 Å². The molecule has 0 aliphatic carbocycles. The molecule has 0 radical (unpaired) electrons. The van der Waals surface area contributed by atoms with E-state index in [0.29, 0.717) is 21.3 Å². The smallest absolute Gasteiger partial charge is 0.217 e. The Hall–Kier alpha value is -2.37. The number of nitrogens with zero attached hydrogens (tertiary/aromatic N) is 1. The Balaban J connectivity index is 1.82. The molecule has 0 saturated carbocycles. The van der Waals surface area contributed by atoms with Crippen LogP contribution in [0.1, 0.15) is 48.5 Å². The van der Waals surface area contributed by atoms with Gasteiger partial charge < -0.3 is 5.32 Å². The van der Waals surface area contributed by atoms with Crippen molar-refractivity contribution >= 4 is 29.1 Å². The predicted octanol–water partition coefficient (Wildman–Crippen LogP) is 6.65. The van der Waals surface area contributed by atoms with Gasteiger partial charge in [-0.05, 0) is 23.3 Å². The topological polar surface area (TPSA) is 38.3 Å².